The van der Waals surface area contributed by atoms with Crippen molar-refractivity contribution in [3.63, 3.8) is 0 Å². The van der Waals surface area contributed by atoms with Crippen molar-refractivity contribution < 1.29 is 8.42 Å². The minimum Gasteiger partial charge on any atom is -0.392 e. The Morgan fingerprint density at radius 1 is 1.53 bits per heavy atom. The second-order valence-electron chi connectivity index (χ2n) is 3.61. The molecule has 94 valence electrons. The maximum atomic E-state index is 11.9. The standard InChI is InChI=1S/C10H13BrN2O2S2/c1-13(6-10(12)16)17(14,15)7-8-3-2-4-9(11)5-8/h2-5H,6-7H2,1H3,(H2,12,16). The van der Waals surface area contributed by atoms with Gasteiger partial charge in [0, 0.05) is 11.5 Å². The topological polar surface area (TPSA) is 63.4 Å². The summed E-state index contributed by atoms with van der Waals surface area (Å²) in [6.07, 6.45) is 0. The highest BCUT2D eigenvalue weighted by atomic mass is 79.9. The second kappa shape index (κ2) is 5.90. The third kappa shape index (κ3) is 4.71. The number of thiocarbonyl (C=S) groups is 1. The Hall–Kier alpha value is -0.500. The quantitative estimate of drug-likeness (QED) is 0.827. The first-order chi connectivity index (χ1) is 7.81. The lowest BCUT2D eigenvalue weighted by Crippen LogP contribution is -2.35. The van der Waals surface area contributed by atoms with E-state index in [0.717, 1.165) is 8.78 Å². The third-order valence-electron chi connectivity index (χ3n) is 2.09. The summed E-state index contributed by atoms with van der Waals surface area (Å²) in [5.74, 6) is -0.0639. The molecule has 0 aromatic heterocycles. The summed E-state index contributed by atoms with van der Waals surface area (Å²) in [6.45, 7) is 0.0612. The lowest BCUT2D eigenvalue weighted by molar-refractivity contribution is 0.505. The van der Waals surface area contributed by atoms with Gasteiger partial charge < -0.3 is 5.73 Å². The number of hydrogen-bond donors (Lipinski definition) is 1. The maximum absolute atomic E-state index is 11.9. The SMILES string of the molecule is CN(CC(N)=S)S(=O)(=O)Cc1cccc(Br)c1. The molecule has 0 fully saturated rings. The normalized spacial score (nSPS) is 11.7. The molecule has 0 saturated carbocycles. The van der Waals surface area contributed by atoms with Crippen LogP contribution in [0.2, 0.25) is 0 Å². The predicted molar refractivity (Wildman–Crippen MR) is 76.2 cm³/mol. The molecule has 0 aliphatic heterocycles. The minimum atomic E-state index is -3.38. The zero-order chi connectivity index (χ0) is 13.1. The summed E-state index contributed by atoms with van der Waals surface area (Å²) in [6, 6.07) is 7.17. The highest BCUT2D eigenvalue weighted by Gasteiger charge is 2.18. The van der Waals surface area contributed by atoms with Crippen LogP contribution in [0, 0.1) is 0 Å². The summed E-state index contributed by atoms with van der Waals surface area (Å²) < 4.78 is 25.9. The largest absolute Gasteiger partial charge is 0.392 e. The highest BCUT2D eigenvalue weighted by Crippen LogP contribution is 2.15. The Balaban J connectivity index is 2.83. The van der Waals surface area contributed by atoms with Gasteiger partial charge in [-0.3, -0.25) is 0 Å². The monoisotopic (exact) mass is 336 g/mol. The fraction of sp³-hybridized carbons (Fsp3) is 0.300. The second-order valence-corrected chi connectivity index (χ2v) is 7.12. The van der Waals surface area contributed by atoms with Crippen LogP contribution >= 0.6 is 28.1 Å². The first kappa shape index (κ1) is 14.6. The lowest BCUT2D eigenvalue weighted by atomic mass is 10.2. The van der Waals surface area contributed by atoms with E-state index in [9.17, 15) is 8.42 Å². The third-order valence-corrected chi connectivity index (χ3v) is 4.49. The molecule has 7 heteroatoms. The molecule has 0 atom stereocenters. The van der Waals surface area contributed by atoms with Crippen LogP contribution in [0.1, 0.15) is 5.56 Å². The molecule has 0 heterocycles. The van der Waals surface area contributed by atoms with Crippen molar-refractivity contribution in [2.75, 3.05) is 13.6 Å². The van der Waals surface area contributed by atoms with Gasteiger partial charge in [0.2, 0.25) is 10.0 Å². The van der Waals surface area contributed by atoms with Gasteiger partial charge in [-0.25, -0.2) is 8.42 Å². The van der Waals surface area contributed by atoms with E-state index in [1.54, 1.807) is 18.2 Å². The molecule has 0 spiro atoms. The van der Waals surface area contributed by atoms with E-state index >= 15 is 0 Å². The molecule has 4 nitrogen and oxygen atoms in total. The average molecular weight is 337 g/mol. The van der Waals surface area contributed by atoms with E-state index < -0.39 is 10.0 Å². The predicted octanol–water partition coefficient (Wildman–Crippen LogP) is 1.50. The van der Waals surface area contributed by atoms with Gasteiger partial charge in [-0.15, -0.1) is 0 Å². The number of sulfonamides is 1. The zero-order valence-corrected chi connectivity index (χ0v) is 12.5. The van der Waals surface area contributed by atoms with Crippen LogP contribution in [0.5, 0.6) is 0 Å². The van der Waals surface area contributed by atoms with Gasteiger partial charge in [0.25, 0.3) is 0 Å². The summed E-state index contributed by atoms with van der Waals surface area (Å²) in [5, 5.41) is 0. The van der Waals surface area contributed by atoms with Gasteiger partial charge in [-0.2, -0.15) is 4.31 Å². The molecule has 1 rings (SSSR count). The minimum absolute atomic E-state index is 0.0612. The number of rotatable bonds is 5. The Bertz CT molecular complexity index is 517. The lowest BCUT2D eigenvalue weighted by Gasteiger charge is -2.16. The van der Waals surface area contributed by atoms with Crippen molar-refractivity contribution in [2.24, 2.45) is 5.73 Å². The highest BCUT2D eigenvalue weighted by molar-refractivity contribution is 9.10. The smallest absolute Gasteiger partial charge is 0.218 e. The van der Waals surface area contributed by atoms with Crippen molar-refractivity contribution in [3.05, 3.63) is 34.3 Å². The van der Waals surface area contributed by atoms with Crippen LogP contribution in [0.3, 0.4) is 0 Å². The first-order valence-electron chi connectivity index (χ1n) is 4.78. The summed E-state index contributed by atoms with van der Waals surface area (Å²) in [4.78, 5) is 0.158. The van der Waals surface area contributed by atoms with Crippen LogP contribution in [0.15, 0.2) is 28.7 Å². The average Bonchev–Trinajstić information content (AvgIpc) is 2.15. The van der Waals surface area contributed by atoms with E-state index in [2.05, 4.69) is 15.9 Å². The molecule has 0 bridgehead atoms. The summed E-state index contributed by atoms with van der Waals surface area (Å²) in [7, 11) is -1.92. The molecular formula is C10H13BrN2O2S2. The number of nitrogens with two attached hydrogens (primary N) is 1. The van der Waals surface area contributed by atoms with Crippen molar-refractivity contribution in [3.8, 4) is 0 Å². The molecular weight excluding hydrogens is 324 g/mol. The van der Waals surface area contributed by atoms with Crippen molar-refractivity contribution >= 4 is 43.2 Å². The molecule has 0 radical (unpaired) electrons. The molecule has 1 aromatic carbocycles. The fourth-order valence-corrected chi connectivity index (χ4v) is 3.14. The van der Waals surface area contributed by atoms with E-state index in [-0.39, 0.29) is 17.3 Å². The maximum Gasteiger partial charge on any atom is 0.218 e. The first-order valence-corrected chi connectivity index (χ1v) is 7.59. The molecule has 0 amide bonds. The van der Waals surface area contributed by atoms with Crippen molar-refractivity contribution in [1.82, 2.24) is 4.31 Å². The van der Waals surface area contributed by atoms with Gasteiger partial charge in [0.05, 0.1) is 17.3 Å². The van der Waals surface area contributed by atoms with E-state index in [1.807, 2.05) is 6.07 Å². The molecule has 0 unspecified atom stereocenters. The number of nitrogens with zero attached hydrogens (tertiary/aromatic N) is 1. The van der Waals surface area contributed by atoms with Crippen molar-refractivity contribution in [2.45, 2.75) is 5.75 Å². The van der Waals surface area contributed by atoms with Gasteiger partial charge >= 0.3 is 0 Å². The van der Waals surface area contributed by atoms with Crippen LogP contribution < -0.4 is 5.73 Å². The molecule has 2 N–H and O–H groups in total. The van der Waals surface area contributed by atoms with E-state index in [4.69, 9.17) is 18.0 Å². The van der Waals surface area contributed by atoms with Crippen molar-refractivity contribution in [1.29, 1.82) is 0 Å². The van der Waals surface area contributed by atoms with Gasteiger partial charge in [-0.1, -0.05) is 40.3 Å². The Kier molecular flexibility index (Phi) is 5.05. The van der Waals surface area contributed by atoms with E-state index in [0.29, 0.717) is 5.56 Å². The molecule has 17 heavy (non-hydrogen) atoms. The van der Waals surface area contributed by atoms with Crippen LogP contribution in [-0.4, -0.2) is 31.3 Å². The van der Waals surface area contributed by atoms with Gasteiger partial charge in [-0.05, 0) is 17.7 Å². The number of hydrogen-bond acceptors (Lipinski definition) is 3. The zero-order valence-electron chi connectivity index (χ0n) is 9.26. The van der Waals surface area contributed by atoms with Gasteiger partial charge in [0.1, 0.15) is 0 Å². The Morgan fingerprint density at radius 2 is 2.18 bits per heavy atom. The molecule has 0 saturated heterocycles. The van der Waals surface area contributed by atoms with E-state index in [1.165, 1.54) is 7.05 Å². The van der Waals surface area contributed by atoms with Gasteiger partial charge in [0.15, 0.2) is 0 Å². The number of benzene rings is 1. The summed E-state index contributed by atoms with van der Waals surface area (Å²) >= 11 is 7.99. The fourth-order valence-electron chi connectivity index (χ4n) is 1.27. The molecule has 0 aliphatic carbocycles. The number of halogens is 1. The molecule has 0 aliphatic rings. The Labute approximate surface area is 115 Å². The van der Waals surface area contributed by atoms with Crippen LogP contribution in [0.4, 0.5) is 0 Å². The molecule has 1 aromatic rings. The summed E-state index contributed by atoms with van der Waals surface area (Å²) in [5.41, 5.74) is 6.04. The van der Waals surface area contributed by atoms with Crippen LogP contribution in [-0.2, 0) is 15.8 Å². The Morgan fingerprint density at radius 3 is 2.71 bits per heavy atom. The number of likely N-dealkylation sites (N-methyl/N-ethyl adjacent to an activating group) is 1. The van der Waals surface area contributed by atoms with Crippen LogP contribution in [0.25, 0.3) is 0 Å².